The summed E-state index contributed by atoms with van der Waals surface area (Å²) in [5.74, 6) is -0.310. The molecule has 1 aliphatic heterocycles. The zero-order valence-electron chi connectivity index (χ0n) is 36.0. The molecule has 328 valence electrons. The maximum Gasteiger partial charge on any atom is 0.306 e. The van der Waals surface area contributed by atoms with Gasteiger partial charge in [0.1, 0.15) is 30.5 Å². The molecule has 0 aliphatic carbocycles. The van der Waals surface area contributed by atoms with Crippen LogP contribution in [-0.2, 0) is 23.7 Å². The summed E-state index contributed by atoms with van der Waals surface area (Å²) in [6.07, 6.45) is 34.3. The minimum absolute atomic E-state index is 0.105. The highest BCUT2D eigenvalue weighted by Crippen LogP contribution is 2.23. The second kappa shape index (κ2) is 38.7. The van der Waals surface area contributed by atoms with Crippen LogP contribution in [0.4, 0.5) is 0 Å². The van der Waals surface area contributed by atoms with E-state index in [0.29, 0.717) is 13.0 Å². The van der Waals surface area contributed by atoms with Crippen LogP contribution in [0.1, 0.15) is 226 Å². The van der Waals surface area contributed by atoms with Crippen molar-refractivity contribution >= 4 is 5.97 Å². The van der Waals surface area contributed by atoms with Gasteiger partial charge in [-0.25, -0.2) is 0 Å². The van der Waals surface area contributed by atoms with Gasteiger partial charge in [0, 0.05) is 13.0 Å². The summed E-state index contributed by atoms with van der Waals surface area (Å²) in [5.41, 5.74) is 0. The molecule has 9 nitrogen and oxygen atoms in total. The number of rotatable bonds is 41. The molecule has 1 fully saturated rings. The Labute approximate surface area is 338 Å². The van der Waals surface area contributed by atoms with E-state index in [9.17, 15) is 25.2 Å². The number of hydrogen-bond donors (Lipinski definition) is 4. The maximum atomic E-state index is 12.7. The lowest BCUT2D eigenvalue weighted by Crippen LogP contribution is -2.59. The minimum atomic E-state index is -1.53. The van der Waals surface area contributed by atoms with Crippen molar-refractivity contribution < 1.29 is 44.2 Å². The highest BCUT2D eigenvalue weighted by Gasteiger charge is 2.44. The molecule has 1 aliphatic rings. The van der Waals surface area contributed by atoms with Gasteiger partial charge in [0.25, 0.3) is 0 Å². The number of aliphatic hydroxyl groups is 4. The van der Waals surface area contributed by atoms with E-state index >= 15 is 0 Å². The second-order valence-electron chi connectivity index (χ2n) is 16.6. The summed E-state index contributed by atoms with van der Waals surface area (Å²) < 4.78 is 22.8. The molecule has 0 saturated carbocycles. The van der Waals surface area contributed by atoms with Crippen molar-refractivity contribution in [3.63, 3.8) is 0 Å². The van der Waals surface area contributed by atoms with Gasteiger partial charge in [0.05, 0.1) is 19.8 Å². The number of unbranched alkanes of at least 4 members (excludes halogenated alkanes) is 30. The molecule has 0 spiro atoms. The fraction of sp³-hybridized carbons (Fsp3) is 0.978. The third kappa shape index (κ3) is 30.0. The van der Waals surface area contributed by atoms with Gasteiger partial charge in [-0.15, -0.1) is 0 Å². The molecule has 0 bridgehead atoms. The monoisotopic (exact) mass is 787 g/mol. The molecule has 0 aromatic carbocycles. The first-order chi connectivity index (χ1) is 26.9. The first kappa shape index (κ1) is 52.2. The lowest BCUT2D eigenvalue weighted by Gasteiger charge is -2.39. The number of esters is 1. The van der Waals surface area contributed by atoms with E-state index in [4.69, 9.17) is 18.9 Å². The van der Waals surface area contributed by atoms with Crippen LogP contribution in [0.2, 0.25) is 0 Å². The largest absolute Gasteiger partial charge is 0.457 e. The highest BCUT2D eigenvalue weighted by molar-refractivity contribution is 5.69. The van der Waals surface area contributed by atoms with Crippen LogP contribution in [-0.4, -0.2) is 89.6 Å². The predicted molar refractivity (Wildman–Crippen MR) is 224 cm³/mol. The van der Waals surface area contributed by atoms with E-state index < -0.39 is 43.4 Å². The summed E-state index contributed by atoms with van der Waals surface area (Å²) in [4.78, 5) is 12.7. The fourth-order valence-electron chi connectivity index (χ4n) is 7.55. The summed E-state index contributed by atoms with van der Waals surface area (Å²) >= 11 is 0. The van der Waals surface area contributed by atoms with Gasteiger partial charge in [-0.05, 0) is 12.8 Å². The molecule has 55 heavy (non-hydrogen) atoms. The third-order valence-electron chi connectivity index (χ3n) is 11.3. The third-order valence-corrected chi connectivity index (χ3v) is 11.3. The van der Waals surface area contributed by atoms with Gasteiger partial charge in [0.15, 0.2) is 6.29 Å². The fourth-order valence-corrected chi connectivity index (χ4v) is 7.55. The molecule has 1 rings (SSSR count). The zero-order chi connectivity index (χ0) is 40.0. The van der Waals surface area contributed by atoms with Crippen molar-refractivity contribution in [2.24, 2.45) is 0 Å². The molecular weight excluding hydrogens is 696 g/mol. The van der Waals surface area contributed by atoms with Gasteiger partial charge in [-0.3, -0.25) is 4.79 Å². The average Bonchev–Trinajstić information content (AvgIpc) is 3.18. The second-order valence-corrected chi connectivity index (χ2v) is 16.6. The summed E-state index contributed by atoms with van der Waals surface area (Å²) in [6.45, 7) is 4.59. The smallest absolute Gasteiger partial charge is 0.306 e. The van der Waals surface area contributed by atoms with E-state index in [1.807, 2.05) is 0 Å². The van der Waals surface area contributed by atoms with Crippen LogP contribution < -0.4 is 0 Å². The number of ether oxygens (including phenoxy) is 4. The average molecular weight is 787 g/mol. The topological polar surface area (TPSA) is 135 Å². The molecule has 6 atom stereocenters. The minimum Gasteiger partial charge on any atom is -0.457 e. The van der Waals surface area contributed by atoms with Crippen LogP contribution >= 0.6 is 0 Å². The Kier molecular flexibility index (Phi) is 36.7. The SMILES string of the molecule is CCCCCCCCCCCCCCCCCCCCCCCCOCC(COC1OC(CO)C(O)C(O)C1O)OC(=O)CCCCCCCCCCCC. The summed E-state index contributed by atoms with van der Waals surface area (Å²) in [6, 6.07) is 0. The molecule has 1 saturated heterocycles. The van der Waals surface area contributed by atoms with Crippen molar-refractivity contribution in [2.45, 2.75) is 263 Å². The van der Waals surface area contributed by atoms with Crippen LogP contribution in [0.5, 0.6) is 0 Å². The number of carbonyl (C=O) groups is 1. The number of aliphatic hydroxyl groups excluding tert-OH is 4. The molecular formula is C46H90O9. The predicted octanol–water partition coefficient (Wildman–Crippen LogP) is 10.6. The van der Waals surface area contributed by atoms with Crippen LogP contribution in [0.15, 0.2) is 0 Å². The Morgan fingerprint density at radius 2 is 0.891 bits per heavy atom. The molecule has 0 radical (unpaired) electrons. The quantitative estimate of drug-likeness (QED) is 0.0353. The lowest BCUT2D eigenvalue weighted by molar-refractivity contribution is -0.305. The van der Waals surface area contributed by atoms with E-state index in [-0.39, 0.29) is 19.2 Å². The van der Waals surface area contributed by atoms with Crippen LogP contribution in [0, 0.1) is 0 Å². The standard InChI is InChI=1S/C46H90O9/c1-3-5-7-9-11-13-15-16-17-18-19-20-21-22-23-24-25-26-28-30-32-34-36-52-38-40(39-53-46-45(51)44(50)43(49)41(37-47)55-46)54-42(48)35-33-31-29-27-14-12-10-8-6-4-2/h40-41,43-47,49-51H,3-39H2,1-2H3. The van der Waals surface area contributed by atoms with Gasteiger partial charge in [0.2, 0.25) is 0 Å². The molecule has 9 heteroatoms. The molecule has 4 N–H and O–H groups in total. The van der Waals surface area contributed by atoms with Gasteiger partial charge < -0.3 is 39.4 Å². The normalized spacial score (nSPS) is 20.6. The molecule has 0 amide bonds. The van der Waals surface area contributed by atoms with Crippen molar-refractivity contribution in [2.75, 3.05) is 26.4 Å². The van der Waals surface area contributed by atoms with E-state index in [1.54, 1.807) is 0 Å². The van der Waals surface area contributed by atoms with Crippen LogP contribution in [0.3, 0.4) is 0 Å². The Bertz CT molecular complexity index is 812. The Balaban J connectivity index is 2.15. The summed E-state index contributed by atoms with van der Waals surface area (Å²) in [5, 5.41) is 40.1. The summed E-state index contributed by atoms with van der Waals surface area (Å²) in [7, 11) is 0. The molecule has 0 aromatic heterocycles. The lowest BCUT2D eigenvalue weighted by atomic mass is 9.99. The van der Waals surface area contributed by atoms with E-state index in [0.717, 1.165) is 32.1 Å². The van der Waals surface area contributed by atoms with Crippen LogP contribution in [0.25, 0.3) is 0 Å². The maximum absolute atomic E-state index is 12.7. The van der Waals surface area contributed by atoms with Crippen molar-refractivity contribution in [3.8, 4) is 0 Å². The first-order valence-corrected chi connectivity index (χ1v) is 23.6. The van der Waals surface area contributed by atoms with Crippen molar-refractivity contribution in [1.29, 1.82) is 0 Å². The van der Waals surface area contributed by atoms with E-state index in [1.165, 1.54) is 173 Å². The number of carbonyl (C=O) groups excluding carboxylic acids is 1. The van der Waals surface area contributed by atoms with Gasteiger partial charge in [-0.1, -0.05) is 206 Å². The van der Waals surface area contributed by atoms with Gasteiger partial charge in [-0.2, -0.15) is 0 Å². The molecule has 0 aromatic rings. The Morgan fingerprint density at radius 1 is 0.509 bits per heavy atom. The number of hydrogen-bond acceptors (Lipinski definition) is 9. The highest BCUT2D eigenvalue weighted by atomic mass is 16.7. The van der Waals surface area contributed by atoms with E-state index in [2.05, 4.69) is 13.8 Å². The first-order valence-electron chi connectivity index (χ1n) is 23.6. The molecule has 1 heterocycles. The van der Waals surface area contributed by atoms with Crippen molar-refractivity contribution in [3.05, 3.63) is 0 Å². The van der Waals surface area contributed by atoms with Crippen molar-refractivity contribution in [1.82, 2.24) is 0 Å². The molecule has 6 unspecified atom stereocenters. The Morgan fingerprint density at radius 3 is 1.29 bits per heavy atom. The Hall–Kier alpha value is -0.810. The van der Waals surface area contributed by atoms with Gasteiger partial charge >= 0.3 is 5.97 Å². The zero-order valence-corrected chi connectivity index (χ0v) is 36.0.